The quantitative estimate of drug-likeness (QED) is 0.835. The predicted molar refractivity (Wildman–Crippen MR) is 62.6 cm³/mol. The zero-order valence-corrected chi connectivity index (χ0v) is 10.3. The van der Waals surface area contributed by atoms with Crippen LogP contribution in [0.4, 0.5) is 13.2 Å². The molecule has 0 fully saturated rings. The molecule has 0 aromatic heterocycles. The highest BCUT2D eigenvalue weighted by atomic mass is 79.9. The number of hydrogen-bond donors (Lipinski definition) is 2. The maximum atomic E-state index is 12.6. The SMILES string of the molecule is C=CC[C@@H](N)c1cc(Br)cc(C(F)(F)F)c1O. The van der Waals surface area contributed by atoms with Crippen LogP contribution in [0.15, 0.2) is 29.3 Å². The molecule has 1 atom stereocenters. The van der Waals surface area contributed by atoms with Gasteiger partial charge in [0.15, 0.2) is 0 Å². The van der Waals surface area contributed by atoms with Crippen molar-refractivity contribution in [2.75, 3.05) is 0 Å². The van der Waals surface area contributed by atoms with E-state index in [0.29, 0.717) is 0 Å². The Hall–Kier alpha value is -1.01. The maximum Gasteiger partial charge on any atom is 0.420 e. The van der Waals surface area contributed by atoms with Crippen molar-refractivity contribution >= 4 is 15.9 Å². The summed E-state index contributed by atoms with van der Waals surface area (Å²) in [5.41, 5.74) is 4.62. The first-order chi connectivity index (χ1) is 7.77. The standard InChI is InChI=1S/C11H11BrF3NO/c1-2-3-9(16)7-4-6(12)5-8(10(7)17)11(13,14)15/h2,4-5,9,17H,1,3,16H2/t9-/m1/s1. The Morgan fingerprint density at radius 1 is 1.47 bits per heavy atom. The van der Waals surface area contributed by atoms with Crippen LogP contribution in [-0.4, -0.2) is 5.11 Å². The van der Waals surface area contributed by atoms with E-state index in [1.807, 2.05) is 0 Å². The van der Waals surface area contributed by atoms with Crippen molar-refractivity contribution in [1.29, 1.82) is 0 Å². The van der Waals surface area contributed by atoms with Crippen LogP contribution in [0.25, 0.3) is 0 Å². The summed E-state index contributed by atoms with van der Waals surface area (Å²) in [7, 11) is 0. The highest BCUT2D eigenvalue weighted by Gasteiger charge is 2.35. The van der Waals surface area contributed by atoms with Crippen molar-refractivity contribution in [3.8, 4) is 5.75 Å². The third kappa shape index (κ3) is 3.23. The van der Waals surface area contributed by atoms with E-state index in [1.165, 1.54) is 12.1 Å². The molecule has 0 saturated heterocycles. The van der Waals surface area contributed by atoms with Gasteiger partial charge in [0, 0.05) is 16.1 Å². The van der Waals surface area contributed by atoms with Crippen molar-refractivity contribution in [3.05, 3.63) is 40.4 Å². The third-order valence-electron chi connectivity index (χ3n) is 2.23. The first-order valence-electron chi connectivity index (χ1n) is 4.73. The molecule has 94 valence electrons. The second kappa shape index (κ2) is 5.10. The van der Waals surface area contributed by atoms with Gasteiger partial charge in [-0.15, -0.1) is 6.58 Å². The Kier molecular flexibility index (Phi) is 4.21. The molecule has 1 aromatic carbocycles. The lowest BCUT2D eigenvalue weighted by atomic mass is 10.00. The molecule has 6 heteroatoms. The van der Waals surface area contributed by atoms with Gasteiger partial charge in [0.2, 0.25) is 0 Å². The monoisotopic (exact) mass is 309 g/mol. The fraction of sp³-hybridized carbons (Fsp3) is 0.273. The Labute approximate surface area is 105 Å². The maximum absolute atomic E-state index is 12.6. The van der Waals surface area contributed by atoms with Crippen molar-refractivity contribution in [1.82, 2.24) is 0 Å². The minimum atomic E-state index is -4.61. The highest BCUT2D eigenvalue weighted by molar-refractivity contribution is 9.10. The molecule has 0 aliphatic carbocycles. The zero-order valence-electron chi connectivity index (χ0n) is 8.76. The van der Waals surface area contributed by atoms with Crippen molar-refractivity contribution < 1.29 is 18.3 Å². The summed E-state index contributed by atoms with van der Waals surface area (Å²) in [6.45, 7) is 3.45. The number of alkyl halides is 3. The number of phenols is 1. The molecule has 0 amide bonds. The van der Waals surface area contributed by atoms with Crippen molar-refractivity contribution in [2.24, 2.45) is 5.73 Å². The molecular formula is C11H11BrF3NO. The molecule has 2 nitrogen and oxygen atoms in total. The summed E-state index contributed by atoms with van der Waals surface area (Å²) in [5.74, 6) is -0.824. The van der Waals surface area contributed by atoms with Crippen LogP contribution in [0.5, 0.6) is 5.75 Å². The van der Waals surface area contributed by atoms with Crippen LogP contribution in [0.2, 0.25) is 0 Å². The van der Waals surface area contributed by atoms with Gasteiger partial charge in [-0.05, 0) is 18.6 Å². The van der Waals surface area contributed by atoms with E-state index in [-0.39, 0.29) is 16.5 Å². The first-order valence-corrected chi connectivity index (χ1v) is 5.52. The first kappa shape index (κ1) is 14.1. The van der Waals surface area contributed by atoms with Crippen molar-refractivity contribution in [3.63, 3.8) is 0 Å². The summed E-state index contributed by atoms with van der Waals surface area (Å²) in [6, 6.07) is 1.48. The Balaban J connectivity index is 3.33. The van der Waals surface area contributed by atoms with Gasteiger partial charge in [-0.2, -0.15) is 13.2 Å². The number of rotatable bonds is 3. The van der Waals surface area contributed by atoms with E-state index in [0.717, 1.165) is 6.07 Å². The zero-order chi connectivity index (χ0) is 13.2. The van der Waals surface area contributed by atoms with Gasteiger partial charge < -0.3 is 10.8 Å². The van der Waals surface area contributed by atoms with Gasteiger partial charge in [-0.25, -0.2) is 0 Å². The molecule has 0 aliphatic heterocycles. The molecule has 0 spiro atoms. The Morgan fingerprint density at radius 3 is 2.53 bits per heavy atom. The lowest BCUT2D eigenvalue weighted by molar-refractivity contribution is -0.138. The normalized spacial score (nSPS) is 13.5. The van der Waals surface area contributed by atoms with Gasteiger partial charge >= 0.3 is 6.18 Å². The predicted octanol–water partition coefficient (Wildman–Crippen LogP) is 3.75. The van der Waals surface area contributed by atoms with E-state index in [2.05, 4.69) is 22.5 Å². The summed E-state index contributed by atoms with van der Waals surface area (Å²) >= 11 is 2.97. The molecule has 0 saturated carbocycles. The van der Waals surface area contributed by atoms with E-state index >= 15 is 0 Å². The lowest BCUT2D eigenvalue weighted by Gasteiger charge is -2.17. The van der Waals surface area contributed by atoms with Gasteiger partial charge in [-0.1, -0.05) is 22.0 Å². The Morgan fingerprint density at radius 2 is 2.06 bits per heavy atom. The smallest absolute Gasteiger partial charge is 0.420 e. The number of nitrogens with two attached hydrogens (primary N) is 1. The van der Waals surface area contributed by atoms with Crippen molar-refractivity contribution in [2.45, 2.75) is 18.6 Å². The fourth-order valence-corrected chi connectivity index (χ4v) is 1.90. The number of aromatic hydroxyl groups is 1. The summed E-state index contributed by atoms with van der Waals surface area (Å²) in [6.07, 6.45) is -2.85. The number of phenolic OH excluding ortho intramolecular Hbond substituents is 1. The molecule has 17 heavy (non-hydrogen) atoms. The van der Waals surface area contributed by atoms with Crippen LogP contribution in [0.1, 0.15) is 23.6 Å². The van der Waals surface area contributed by atoms with Crippen LogP contribution >= 0.6 is 15.9 Å². The van der Waals surface area contributed by atoms with E-state index in [4.69, 9.17) is 5.73 Å². The second-order valence-electron chi connectivity index (χ2n) is 3.52. The molecular weight excluding hydrogens is 299 g/mol. The van der Waals surface area contributed by atoms with Crippen LogP contribution in [0.3, 0.4) is 0 Å². The summed E-state index contributed by atoms with van der Waals surface area (Å²) < 4.78 is 38.1. The fourth-order valence-electron chi connectivity index (χ4n) is 1.43. The van der Waals surface area contributed by atoms with E-state index in [9.17, 15) is 18.3 Å². The molecule has 1 rings (SSSR count). The van der Waals surface area contributed by atoms with Gasteiger partial charge in [0.25, 0.3) is 0 Å². The molecule has 0 unspecified atom stereocenters. The molecule has 1 aromatic rings. The minimum Gasteiger partial charge on any atom is -0.507 e. The summed E-state index contributed by atoms with van der Waals surface area (Å²) in [5, 5.41) is 9.59. The molecule has 0 bridgehead atoms. The molecule has 0 aliphatic rings. The van der Waals surface area contributed by atoms with Crippen LogP contribution in [-0.2, 0) is 6.18 Å². The minimum absolute atomic E-state index is 0.0478. The average molecular weight is 310 g/mol. The Bertz CT molecular complexity index is 431. The molecule has 0 radical (unpaired) electrons. The second-order valence-corrected chi connectivity index (χ2v) is 4.44. The lowest BCUT2D eigenvalue weighted by Crippen LogP contribution is -2.13. The molecule has 3 N–H and O–H groups in total. The third-order valence-corrected chi connectivity index (χ3v) is 2.69. The van der Waals surface area contributed by atoms with E-state index in [1.54, 1.807) is 0 Å². The number of benzene rings is 1. The van der Waals surface area contributed by atoms with Crippen LogP contribution < -0.4 is 5.73 Å². The largest absolute Gasteiger partial charge is 0.507 e. The van der Waals surface area contributed by atoms with Crippen LogP contribution in [0, 0.1) is 0 Å². The van der Waals surface area contributed by atoms with Gasteiger partial charge in [-0.3, -0.25) is 0 Å². The summed E-state index contributed by atoms with van der Waals surface area (Å²) in [4.78, 5) is 0. The topological polar surface area (TPSA) is 46.2 Å². The van der Waals surface area contributed by atoms with Gasteiger partial charge in [0.1, 0.15) is 5.75 Å². The van der Waals surface area contributed by atoms with Gasteiger partial charge in [0.05, 0.1) is 5.56 Å². The molecule has 0 heterocycles. The number of hydrogen-bond acceptors (Lipinski definition) is 2. The highest BCUT2D eigenvalue weighted by Crippen LogP contribution is 2.41. The average Bonchev–Trinajstić information content (AvgIpc) is 2.19. The van der Waals surface area contributed by atoms with E-state index < -0.39 is 23.5 Å². The number of halogens is 4.